The first-order valence-corrected chi connectivity index (χ1v) is 16.1. The van der Waals surface area contributed by atoms with Crippen molar-refractivity contribution in [2.75, 3.05) is 0 Å². The Labute approximate surface area is 280 Å². The van der Waals surface area contributed by atoms with Crippen LogP contribution in [0.25, 0.3) is 88.1 Å². The van der Waals surface area contributed by atoms with Gasteiger partial charge in [-0.1, -0.05) is 84.9 Å². The molecule has 0 radical (unpaired) electrons. The van der Waals surface area contributed by atoms with Crippen molar-refractivity contribution in [3.63, 3.8) is 0 Å². The lowest BCUT2D eigenvalue weighted by atomic mass is 9.93. The number of hydrogen-bond acceptors (Lipinski definition) is 3. The van der Waals surface area contributed by atoms with Crippen LogP contribution in [0.4, 0.5) is 0 Å². The monoisotopic (exact) mass is 624 g/mol. The fourth-order valence-corrected chi connectivity index (χ4v) is 7.78. The number of nitrogens with zero attached hydrogens (tertiary/aromatic N) is 4. The van der Waals surface area contributed by atoms with Crippen LogP contribution in [0.5, 0.6) is 0 Å². The van der Waals surface area contributed by atoms with Crippen molar-refractivity contribution in [1.82, 2.24) is 9.13 Å². The Bertz CT molecular complexity index is 3030. The zero-order chi connectivity index (χ0) is 32.6. The highest BCUT2D eigenvalue weighted by Crippen LogP contribution is 2.42. The molecule has 3 aromatic heterocycles. The summed E-state index contributed by atoms with van der Waals surface area (Å²) in [6.07, 6.45) is 0. The molecule has 0 saturated carbocycles. The summed E-state index contributed by atoms with van der Waals surface area (Å²) < 4.78 is 10.9. The van der Waals surface area contributed by atoms with Crippen LogP contribution in [0.2, 0.25) is 0 Å². The topological polar surface area (TPSA) is 70.6 Å². The zero-order valence-corrected chi connectivity index (χ0v) is 26.1. The molecule has 0 aliphatic rings. The van der Waals surface area contributed by atoms with Gasteiger partial charge in [0.2, 0.25) is 0 Å². The van der Waals surface area contributed by atoms with Crippen LogP contribution in [0.15, 0.2) is 150 Å². The van der Waals surface area contributed by atoms with Crippen molar-refractivity contribution >= 4 is 65.6 Å². The first-order chi connectivity index (χ1) is 24.2. The summed E-state index contributed by atoms with van der Waals surface area (Å²) in [5.74, 6) is 0. The highest BCUT2D eigenvalue weighted by molar-refractivity contribution is 6.23. The minimum atomic E-state index is 0.484. The maximum Gasteiger partial charge on any atom is 0.145 e. The summed E-state index contributed by atoms with van der Waals surface area (Å²) in [7, 11) is 0. The predicted molar refractivity (Wildman–Crippen MR) is 197 cm³/mol. The van der Waals surface area contributed by atoms with Gasteiger partial charge in [0.15, 0.2) is 0 Å². The SMILES string of the molecule is N#Cc1cc(-n2c3ccccc3c3c4oc5ccccc5c4ccc32)ccc1-c1c(C#N)cccc1-n1c2ccccc2c2ccccc21. The van der Waals surface area contributed by atoms with Gasteiger partial charge < -0.3 is 13.6 Å². The third kappa shape index (κ3) is 3.73. The molecule has 5 heteroatoms. The standard InChI is InChI=1S/C44H24N4O/c45-25-27-10-9-18-39(48-36-15-5-1-11-31(36)32-12-2-6-16-37(32)48)42(27)30-21-20-29(24-28(30)26-46)47-38-17-7-3-14-35(38)43-40(47)23-22-34-33-13-4-8-19-41(33)49-44(34)43/h1-24H. The van der Waals surface area contributed by atoms with Crippen LogP contribution in [-0.2, 0) is 0 Å². The molecule has 0 aliphatic heterocycles. The Kier molecular flexibility index (Phi) is 5.64. The van der Waals surface area contributed by atoms with E-state index in [4.69, 9.17) is 4.42 Å². The number of rotatable bonds is 3. The smallest absolute Gasteiger partial charge is 0.145 e. The normalized spacial score (nSPS) is 11.6. The lowest BCUT2D eigenvalue weighted by Crippen LogP contribution is -2.02. The van der Waals surface area contributed by atoms with Gasteiger partial charge in [0.1, 0.15) is 11.2 Å². The average molecular weight is 625 g/mol. The molecule has 10 rings (SSSR count). The Hall–Kier alpha value is -7.08. The van der Waals surface area contributed by atoms with Gasteiger partial charge in [0.05, 0.1) is 56.4 Å². The largest absolute Gasteiger partial charge is 0.455 e. The Balaban J connectivity index is 1.24. The van der Waals surface area contributed by atoms with E-state index in [1.54, 1.807) is 0 Å². The van der Waals surface area contributed by atoms with Crippen LogP contribution in [0, 0.1) is 22.7 Å². The van der Waals surface area contributed by atoms with Gasteiger partial charge in [-0.3, -0.25) is 0 Å². The van der Waals surface area contributed by atoms with Gasteiger partial charge in [-0.15, -0.1) is 0 Å². The molecule has 0 bridgehead atoms. The van der Waals surface area contributed by atoms with Gasteiger partial charge >= 0.3 is 0 Å². The minimum Gasteiger partial charge on any atom is -0.455 e. The lowest BCUT2D eigenvalue weighted by Gasteiger charge is -2.17. The summed E-state index contributed by atoms with van der Waals surface area (Å²) >= 11 is 0. The van der Waals surface area contributed by atoms with Crippen LogP contribution in [0.1, 0.15) is 11.1 Å². The van der Waals surface area contributed by atoms with Gasteiger partial charge in [-0.25, -0.2) is 0 Å². The molecule has 0 N–H and O–H groups in total. The van der Waals surface area contributed by atoms with Crippen molar-refractivity contribution < 1.29 is 4.42 Å². The number of nitriles is 2. The second-order valence-corrected chi connectivity index (χ2v) is 12.3. The van der Waals surface area contributed by atoms with Gasteiger partial charge in [0, 0.05) is 43.7 Å². The minimum absolute atomic E-state index is 0.484. The van der Waals surface area contributed by atoms with E-state index >= 15 is 0 Å². The first-order valence-electron chi connectivity index (χ1n) is 16.1. The molecule has 7 aromatic carbocycles. The van der Waals surface area contributed by atoms with E-state index in [0.29, 0.717) is 16.7 Å². The fourth-order valence-electron chi connectivity index (χ4n) is 7.78. The maximum atomic E-state index is 10.7. The van der Waals surface area contributed by atoms with Crippen molar-refractivity contribution in [1.29, 1.82) is 10.5 Å². The zero-order valence-electron chi connectivity index (χ0n) is 26.1. The van der Waals surface area contributed by atoms with E-state index in [0.717, 1.165) is 82.5 Å². The highest BCUT2D eigenvalue weighted by atomic mass is 16.3. The number of para-hydroxylation sites is 4. The molecule has 5 nitrogen and oxygen atoms in total. The summed E-state index contributed by atoms with van der Waals surface area (Å²) in [5.41, 5.74) is 9.93. The molecule has 0 fully saturated rings. The molecule has 0 saturated heterocycles. The third-order valence-electron chi connectivity index (χ3n) is 9.82. The number of aromatic nitrogens is 2. The van der Waals surface area contributed by atoms with Crippen LogP contribution in [-0.4, -0.2) is 9.13 Å². The maximum absolute atomic E-state index is 10.7. The molecule has 10 aromatic rings. The van der Waals surface area contributed by atoms with Crippen LogP contribution >= 0.6 is 0 Å². The van der Waals surface area contributed by atoms with Crippen molar-refractivity contribution in [2.45, 2.75) is 0 Å². The molecule has 226 valence electrons. The molecule has 3 heterocycles. The third-order valence-corrected chi connectivity index (χ3v) is 9.82. The van der Waals surface area contributed by atoms with Crippen LogP contribution < -0.4 is 0 Å². The van der Waals surface area contributed by atoms with Crippen molar-refractivity contribution in [3.05, 3.63) is 157 Å². The summed E-state index contributed by atoms with van der Waals surface area (Å²) in [6, 6.07) is 54.0. The lowest BCUT2D eigenvalue weighted by molar-refractivity contribution is 0.673. The number of benzene rings is 7. The van der Waals surface area contributed by atoms with Crippen LogP contribution in [0.3, 0.4) is 0 Å². The highest BCUT2D eigenvalue weighted by Gasteiger charge is 2.22. The second kappa shape index (κ2) is 10.2. The quantitative estimate of drug-likeness (QED) is 0.196. The van der Waals surface area contributed by atoms with E-state index in [-0.39, 0.29) is 0 Å². The summed E-state index contributed by atoms with van der Waals surface area (Å²) in [5, 5.41) is 27.7. The fraction of sp³-hybridized carbons (Fsp3) is 0. The van der Waals surface area contributed by atoms with E-state index in [1.807, 2.05) is 84.9 Å². The average Bonchev–Trinajstić information content (AvgIpc) is 3.82. The van der Waals surface area contributed by atoms with Crippen molar-refractivity contribution in [3.8, 4) is 34.6 Å². The van der Waals surface area contributed by atoms with E-state index < -0.39 is 0 Å². The van der Waals surface area contributed by atoms with Gasteiger partial charge in [-0.05, 0) is 60.7 Å². The van der Waals surface area contributed by atoms with Gasteiger partial charge in [-0.2, -0.15) is 10.5 Å². The first kappa shape index (κ1) is 27.1. The van der Waals surface area contributed by atoms with E-state index in [9.17, 15) is 10.5 Å². The van der Waals surface area contributed by atoms with E-state index in [1.165, 1.54) is 0 Å². The number of fused-ring (bicyclic) bond motifs is 10. The summed E-state index contributed by atoms with van der Waals surface area (Å²) in [6.45, 7) is 0. The van der Waals surface area contributed by atoms with Gasteiger partial charge in [0.25, 0.3) is 0 Å². The number of furan rings is 1. The van der Waals surface area contributed by atoms with Crippen molar-refractivity contribution in [2.24, 2.45) is 0 Å². The summed E-state index contributed by atoms with van der Waals surface area (Å²) in [4.78, 5) is 0. The Morgan fingerprint density at radius 3 is 1.82 bits per heavy atom. The molecular weight excluding hydrogens is 601 g/mol. The molecule has 0 atom stereocenters. The Morgan fingerprint density at radius 2 is 1.10 bits per heavy atom. The molecule has 0 amide bonds. The molecule has 0 aliphatic carbocycles. The second-order valence-electron chi connectivity index (χ2n) is 12.3. The molecular formula is C44H24N4O. The molecule has 0 unspecified atom stereocenters. The predicted octanol–water partition coefficient (Wildman–Crippen LogP) is 11.2. The molecule has 49 heavy (non-hydrogen) atoms. The number of hydrogen-bond donors (Lipinski definition) is 0. The Morgan fingerprint density at radius 1 is 0.469 bits per heavy atom. The van der Waals surface area contributed by atoms with E-state index in [2.05, 4.69) is 81.9 Å². The molecule has 0 spiro atoms.